The molecule has 0 saturated carbocycles. The van der Waals surface area contributed by atoms with Gasteiger partial charge in [-0.2, -0.15) is 0 Å². The molecule has 2 aliphatic heterocycles. The Balaban J connectivity index is 1.65. The first kappa shape index (κ1) is 17.2. The van der Waals surface area contributed by atoms with Crippen LogP contribution in [-0.4, -0.2) is 68.7 Å². The van der Waals surface area contributed by atoms with E-state index in [1.54, 1.807) is 0 Å². The molecule has 0 spiro atoms. The number of hydrogen-bond donors (Lipinski definition) is 1. The van der Waals surface area contributed by atoms with Crippen LogP contribution in [0.3, 0.4) is 0 Å². The first-order valence-corrected chi connectivity index (χ1v) is 8.92. The van der Waals surface area contributed by atoms with E-state index >= 15 is 0 Å². The van der Waals surface area contributed by atoms with Crippen LogP contribution < -0.4 is 5.32 Å². The molecule has 5 nitrogen and oxygen atoms in total. The van der Waals surface area contributed by atoms with Crippen LogP contribution >= 0.6 is 0 Å². The number of nitrogens with one attached hydrogen (secondary N) is 1. The lowest BCUT2D eigenvalue weighted by atomic mass is 9.88. The molecule has 24 heavy (non-hydrogen) atoms. The van der Waals surface area contributed by atoms with E-state index in [9.17, 15) is 0 Å². The minimum absolute atomic E-state index is 0.155. The average molecular weight is 330 g/mol. The Labute approximate surface area is 145 Å². The zero-order valence-electron chi connectivity index (χ0n) is 15.2. The molecular formula is C19H30N4O. The second kappa shape index (κ2) is 7.53. The van der Waals surface area contributed by atoms with E-state index in [0.29, 0.717) is 0 Å². The third-order valence-electron chi connectivity index (χ3n) is 5.59. The standard InChI is InChI=1S/C19H30N4O/c1-20-18(21-15-19(22(2)3)9-12-24-13-10-19)23-11-8-16-6-4-5-7-17(16)14-23/h4-7H,8-15H2,1-3H3,(H,20,21). The summed E-state index contributed by atoms with van der Waals surface area (Å²) in [7, 11) is 6.23. The van der Waals surface area contributed by atoms with Gasteiger partial charge in [0.2, 0.25) is 0 Å². The van der Waals surface area contributed by atoms with Crippen LogP contribution in [0, 0.1) is 0 Å². The third kappa shape index (κ3) is 3.57. The fraction of sp³-hybridized carbons (Fsp3) is 0.632. The summed E-state index contributed by atoms with van der Waals surface area (Å²) in [5, 5.41) is 3.64. The maximum absolute atomic E-state index is 5.57. The normalized spacial score (nSPS) is 20.8. The fourth-order valence-electron chi connectivity index (χ4n) is 3.79. The first-order chi connectivity index (χ1) is 11.6. The molecule has 0 bridgehead atoms. The molecule has 1 aromatic rings. The first-order valence-electron chi connectivity index (χ1n) is 8.92. The Morgan fingerprint density at radius 3 is 2.62 bits per heavy atom. The highest BCUT2D eigenvalue weighted by atomic mass is 16.5. The monoisotopic (exact) mass is 330 g/mol. The van der Waals surface area contributed by atoms with Crippen LogP contribution in [0.2, 0.25) is 0 Å². The number of aliphatic imine (C=N–C) groups is 1. The van der Waals surface area contributed by atoms with Crippen LogP contribution in [0.15, 0.2) is 29.3 Å². The lowest BCUT2D eigenvalue weighted by molar-refractivity contribution is -0.00528. The maximum Gasteiger partial charge on any atom is 0.194 e. The van der Waals surface area contributed by atoms with Crippen molar-refractivity contribution in [2.45, 2.75) is 31.3 Å². The topological polar surface area (TPSA) is 40.1 Å². The van der Waals surface area contributed by atoms with Crippen LogP contribution in [0.25, 0.3) is 0 Å². The highest BCUT2D eigenvalue weighted by Crippen LogP contribution is 2.25. The summed E-state index contributed by atoms with van der Waals surface area (Å²) >= 11 is 0. The van der Waals surface area contributed by atoms with Crippen molar-refractivity contribution in [2.75, 3.05) is 47.4 Å². The quantitative estimate of drug-likeness (QED) is 0.677. The van der Waals surface area contributed by atoms with Gasteiger partial charge in [-0.3, -0.25) is 4.99 Å². The molecule has 0 atom stereocenters. The largest absolute Gasteiger partial charge is 0.381 e. The van der Waals surface area contributed by atoms with Crippen LogP contribution in [0.1, 0.15) is 24.0 Å². The van der Waals surface area contributed by atoms with Crippen LogP contribution in [-0.2, 0) is 17.7 Å². The molecule has 3 rings (SSSR count). The van der Waals surface area contributed by atoms with E-state index in [1.807, 2.05) is 7.05 Å². The van der Waals surface area contributed by atoms with Crippen molar-refractivity contribution in [1.29, 1.82) is 0 Å². The van der Waals surface area contributed by atoms with Crippen molar-refractivity contribution < 1.29 is 4.74 Å². The Morgan fingerprint density at radius 2 is 1.96 bits per heavy atom. The van der Waals surface area contributed by atoms with Gasteiger partial charge >= 0.3 is 0 Å². The zero-order chi connectivity index (χ0) is 17.0. The number of fused-ring (bicyclic) bond motifs is 1. The predicted octanol–water partition coefficient (Wildman–Crippen LogP) is 1.73. The van der Waals surface area contributed by atoms with E-state index in [0.717, 1.165) is 58.1 Å². The third-order valence-corrected chi connectivity index (χ3v) is 5.59. The van der Waals surface area contributed by atoms with E-state index in [-0.39, 0.29) is 5.54 Å². The van der Waals surface area contributed by atoms with Gasteiger partial charge in [0.05, 0.1) is 0 Å². The Morgan fingerprint density at radius 1 is 1.25 bits per heavy atom. The molecule has 0 aromatic heterocycles. The zero-order valence-corrected chi connectivity index (χ0v) is 15.2. The molecule has 0 unspecified atom stereocenters. The number of benzene rings is 1. The lowest BCUT2D eigenvalue weighted by Crippen LogP contribution is -2.57. The summed E-state index contributed by atoms with van der Waals surface area (Å²) in [5.74, 6) is 1.01. The van der Waals surface area contributed by atoms with Crippen molar-refractivity contribution in [2.24, 2.45) is 4.99 Å². The maximum atomic E-state index is 5.57. The molecule has 1 aromatic carbocycles. The summed E-state index contributed by atoms with van der Waals surface area (Å²) in [6.07, 6.45) is 3.21. The molecule has 0 aliphatic carbocycles. The second-order valence-corrected chi connectivity index (χ2v) is 7.07. The molecule has 5 heteroatoms. The van der Waals surface area contributed by atoms with Crippen molar-refractivity contribution in [3.63, 3.8) is 0 Å². The molecule has 2 heterocycles. The minimum Gasteiger partial charge on any atom is -0.381 e. The number of guanidine groups is 1. The fourth-order valence-corrected chi connectivity index (χ4v) is 3.79. The Bertz CT molecular complexity index is 578. The summed E-state index contributed by atoms with van der Waals surface area (Å²) in [5.41, 5.74) is 3.04. The van der Waals surface area contributed by atoms with Crippen molar-refractivity contribution in [3.8, 4) is 0 Å². The molecule has 1 saturated heterocycles. The Kier molecular flexibility index (Phi) is 5.41. The van der Waals surface area contributed by atoms with Gasteiger partial charge in [-0.25, -0.2) is 0 Å². The van der Waals surface area contributed by atoms with E-state index in [2.05, 4.69) is 58.5 Å². The van der Waals surface area contributed by atoms with Gasteiger partial charge in [-0.05, 0) is 44.5 Å². The van der Waals surface area contributed by atoms with Gasteiger partial charge in [-0.15, -0.1) is 0 Å². The second-order valence-electron chi connectivity index (χ2n) is 7.07. The SMILES string of the molecule is CN=C(NCC1(N(C)C)CCOCC1)N1CCc2ccccc2C1. The van der Waals surface area contributed by atoms with E-state index in [1.165, 1.54) is 11.1 Å². The number of rotatable bonds is 3. The van der Waals surface area contributed by atoms with Gasteiger partial charge < -0.3 is 19.9 Å². The molecule has 1 N–H and O–H groups in total. The number of likely N-dealkylation sites (N-methyl/N-ethyl adjacent to an activating group) is 1. The van der Waals surface area contributed by atoms with Gasteiger partial charge in [0.25, 0.3) is 0 Å². The number of ether oxygens (including phenoxy) is 1. The van der Waals surface area contributed by atoms with E-state index in [4.69, 9.17) is 4.74 Å². The van der Waals surface area contributed by atoms with Crippen LogP contribution in [0.5, 0.6) is 0 Å². The predicted molar refractivity (Wildman–Crippen MR) is 98.4 cm³/mol. The molecular weight excluding hydrogens is 300 g/mol. The summed E-state index contributed by atoms with van der Waals surface area (Å²) < 4.78 is 5.57. The minimum atomic E-state index is 0.155. The molecule has 1 fully saturated rings. The van der Waals surface area contributed by atoms with Crippen molar-refractivity contribution in [3.05, 3.63) is 35.4 Å². The highest BCUT2D eigenvalue weighted by Gasteiger charge is 2.35. The van der Waals surface area contributed by atoms with E-state index < -0.39 is 0 Å². The molecule has 0 amide bonds. The van der Waals surface area contributed by atoms with Crippen molar-refractivity contribution >= 4 is 5.96 Å². The Hall–Kier alpha value is -1.59. The molecule has 0 radical (unpaired) electrons. The van der Waals surface area contributed by atoms with Gasteiger partial charge in [0, 0.05) is 45.4 Å². The van der Waals surface area contributed by atoms with Crippen molar-refractivity contribution in [1.82, 2.24) is 15.1 Å². The summed E-state index contributed by atoms with van der Waals surface area (Å²) in [4.78, 5) is 9.26. The molecule has 132 valence electrons. The number of hydrogen-bond acceptors (Lipinski definition) is 3. The van der Waals surface area contributed by atoms with Crippen LogP contribution in [0.4, 0.5) is 0 Å². The number of nitrogens with zero attached hydrogens (tertiary/aromatic N) is 3. The molecule has 2 aliphatic rings. The summed E-state index contributed by atoms with van der Waals surface area (Å²) in [6, 6.07) is 8.73. The average Bonchev–Trinajstić information content (AvgIpc) is 2.63. The smallest absolute Gasteiger partial charge is 0.194 e. The van der Waals surface area contributed by atoms with Gasteiger partial charge in [0.1, 0.15) is 0 Å². The summed E-state index contributed by atoms with van der Waals surface area (Å²) in [6.45, 7) is 4.56. The lowest BCUT2D eigenvalue weighted by Gasteiger charge is -2.44. The van der Waals surface area contributed by atoms with Gasteiger partial charge in [0.15, 0.2) is 5.96 Å². The highest BCUT2D eigenvalue weighted by molar-refractivity contribution is 5.80. The van der Waals surface area contributed by atoms with Gasteiger partial charge in [-0.1, -0.05) is 24.3 Å².